The summed E-state index contributed by atoms with van der Waals surface area (Å²) in [7, 11) is 0. The second-order valence-electron chi connectivity index (χ2n) is 6.60. The quantitative estimate of drug-likeness (QED) is 0.582. The minimum Gasteiger partial charge on any atom is -0.493 e. The first-order valence-corrected chi connectivity index (χ1v) is 8.74. The number of aliphatic imine (C=N–C) groups is 1. The number of fused-ring (bicyclic) bond motifs is 1. The van der Waals surface area contributed by atoms with Crippen molar-refractivity contribution in [2.24, 2.45) is 4.99 Å². The Balaban J connectivity index is 1.65. The lowest BCUT2D eigenvalue weighted by atomic mass is 9.97. The van der Waals surface area contributed by atoms with Crippen LogP contribution in [0.4, 0.5) is 14.5 Å². The number of nitrogens with zero attached hydrogens (tertiary/aromatic N) is 2. The summed E-state index contributed by atoms with van der Waals surface area (Å²) in [5.41, 5.74) is 5.34. The number of benzene rings is 2. The number of hydrogen-bond donors (Lipinski definition) is 0. The van der Waals surface area contributed by atoms with Gasteiger partial charge in [0, 0.05) is 6.42 Å². The van der Waals surface area contributed by atoms with E-state index >= 15 is 0 Å². The molecule has 4 rings (SSSR count). The summed E-state index contributed by atoms with van der Waals surface area (Å²) >= 11 is 0. The maximum atomic E-state index is 13.8. The lowest BCUT2D eigenvalue weighted by molar-refractivity contribution is 0.356. The van der Waals surface area contributed by atoms with Crippen molar-refractivity contribution >= 4 is 11.4 Å². The Labute approximate surface area is 156 Å². The van der Waals surface area contributed by atoms with Crippen LogP contribution in [0.3, 0.4) is 0 Å². The molecule has 3 aromatic rings. The third-order valence-electron chi connectivity index (χ3n) is 4.73. The van der Waals surface area contributed by atoms with Crippen LogP contribution in [0.5, 0.6) is 5.75 Å². The van der Waals surface area contributed by atoms with Gasteiger partial charge in [-0.1, -0.05) is 12.1 Å². The summed E-state index contributed by atoms with van der Waals surface area (Å²) < 4.78 is 33.3. The maximum Gasteiger partial charge on any atom is 0.153 e. The molecule has 0 atom stereocenters. The van der Waals surface area contributed by atoms with Gasteiger partial charge < -0.3 is 4.74 Å². The van der Waals surface area contributed by atoms with E-state index in [4.69, 9.17) is 4.74 Å². The molecule has 5 heteroatoms. The van der Waals surface area contributed by atoms with Gasteiger partial charge in [-0.2, -0.15) is 0 Å². The number of hydrogen-bond acceptors (Lipinski definition) is 3. The fourth-order valence-corrected chi connectivity index (χ4v) is 3.36. The molecule has 0 fully saturated rings. The minimum absolute atomic E-state index is 0.149. The van der Waals surface area contributed by atoms with E-state index in [0.29, 0.717) is 5.69 Å². The molecule has 27 heavy (non-hydrogen) atoms. The van der Waals surface area contributed by atoms with Crippen LogP contribution in [0.25, 0.3) is 11.1 Å². The molecule has 0 amide bonds. The summed E-state index contributed by atoms with van der Waals surface area (Å²) in [6.45, 7) is 4.37. The molecule has 0 spiro atoms. The highest BCUT2D eigenvalue weighted by atomic mass is 19.1. The number of halogens is 2. The summed E-state index contributed by atoms with van der Waals surface area (Å²) in [6, 6.07) is 11.9. The number of rotatable bonds is 3. The SMILES string of the molecule is CC(=Nc1ccc(-c2cc3c(cc2C)OCC3)cc1)c1c(F)cncc1F. The Bertz CT molecular complexity index is 1020. The molecular formula is C22H18F2N2O. The molecule has 0 aliphatic carbocycles. The van der Waals surface area contributed by atoms with E-state index in [1.165, 1.54) is 5.56 Å². The Kier molecular flexibility index (Phi) is 4.44. The van der Waals surface area contributed by atoms with Crippen LogP contribution < -0.4 is 4.74 Å². The summed E-state index contributed by atoms with van der Waals surface area (Å²) in [4.78, 5) is 7.85. The molecule has 1 aliphatic rings. The molecule has 1 aromatic heterocycles. The highest BCUT2D eigenvalue weighted by Crippen LogP contribution is 2.34. The first-order chi connectivity index (χ1) is 13.0. The van der Waals surface area contributed by atoms with Crippen molar-refractivity contribution in [1.29, 1.82) is 0 Å². The van der Waals surface area contributed by atoms with Gasteiger partial charge >= 0.3 is 0 Å². The lowest BCUT2D eigenvalue weighted by Gasteiger charge is -2.10. The Morgan fingerprint density at radius 1 is 1.07 bits per heavy atom. The van der Waals surface area contributed by atoms with Crippen molar-refractivity contribution in [2.75, 3.05) is 6.61 Å². The maximum absolute atomic E-state index is 13.8. The van der Waals surface area contributed by atoms with Gasteiger partial charge in [0.05, 0.1) is 36.0 Å². The summed E-state index contributed by atoms with van der Waals surface area (Å²) in [5.74, 6) is -0.470. The average Bonchev–Trinajstić information content (AvgIpc) is 3.09. The molecule has 0 radical (unpaired) electrons. The van der Waals surface area contributed by atoms with Gasteiger partial charge in [0.1, 0.15) is 5.75 Å². The molecule has 2 aromatic carbocycles. The molecule has 3 nitrogen and oxygen atoms in total. The van der Waals surface area contributed by atoms with Gasteiger partial charge in [-0.25, -0.2) is 8.78 Å². The van der Waals surface area contributed by atoms with Crippen LogP contribution in [0.2, 0.25) is 0 Å². The van der Waals surface area contributed by atoms with Crippen LogP contribution in [0, 0.1) is 18.6 Å². The van der Waals surface area contributed by atoms with Crippen molar-refractivity contribution in [3.8, 4) is 16.9 Å². The Morgan fingerprint density at radius 2 is 1.78 bits per heavy atom. The van der Waals surface area contributed by atoms with Gasteiger partial charge in [-0.15, -0.1) is 0 Å². The van der Waals surface area contributed by atoms with Gasteiger partial charge in [-0.05, 0) is 60.4 Å². The van der Waals surface area contributed by atoms with Crippen molar-refractivity contribution in [3.05, 3.63) is 77.1 Å². The number of aryl methyl sites for hydroxylation is 1. The third-order valence-corrected chi connectivity index (χ3v) is 4.73. The van der Waals surface area contributed by atoms with E-state index in [1.807, 2.05) is 24.3 Å². The molecule has 136 valence electrons. The monoisotopic (exact) mass is 364 g/mol. The van der Waals surface area contributed by atoms with E-state index in [-0.39, 0.29) is 11.3 Å². The molecule has 0 unspecified atom stereocenters. The zero-order valence-corrected chi connectivity index (χ0v) is 15.1. The number of ether oxygens (including phenoxy) is 1. The predicted molar refractivity (Wildman–Crippen MR) is 102 cm³/mol. The second kappa shape index (κ2) is 6.91. The zero-order valence-electron chi connectivity index (χ0n) is 15.1. The smallest absolute Gasteiger partial charge is 0.153 e. The van der Waals surface area contributed by atoms with E-state index in [0.717, 1.165) is 47.9 Å². The highest BCUT2D eigenvalue weighted by Gasteiger charge is 2.15. The minimum atomic E-state index is -0.719. The zero-order chi connectivity index (χ0) is 19.0. The molecular weight excluding hydrogens is 346 g/mol. The molecule has 0 N–H and O–H groups in total. The molecule has 0 saturated heterocycles. The molecule has 0 bridgehead atoms. The normalized spacial score (nSPS) is 13.4. The average molecular weight is 364 g/mol. The fourth-order valence-electron chi connectivity index (χ4n) is 3.36. The number of pyridine rings is 1. The third kappa shape index (κ3) is 3.33. The van der Waals surface area contributed by atoms with Gasteiger partial charge in [0.2, 0.25) is 0 Å². The predicted octanol–water partition coefficient (Wildman–Crippen LogP) is 5.41. The standard InChI is InChI=1S/C22H18F2N2O/c1-13-9-21-16(7-8-27-21)10-18(13)15-3-5-17(6-4-15)26-14(2)22-19(23)11-25-12-20(22)24/h3-6,9-12H,7-8H2,1-2H3. The Morgan fingerprint density at radius 3 is 2.48 bits per heavy atom. The van der Waals surface area contributed by atoms with Crippen LogP contribution in [-0.2, 0) is 6.42 Å². The van der Waals surface area contributed by atoms with Gasteiger partial charge in [0.15, 0.2) is 11.6 Å². The first kappa shape index (κ1) is 17.3. The fraction of sp³-hybridized carbons (Fsp3) is 0.182. The summed E-state index contributed by atoms with van der Waals surface area (Å²) in [6.07, 6.45) is 2.90. The Hall–Kier alpha value is -3.08. The van der Waals surface area contributed by atoms with Gasteiger partial charge in [-0.3, -0.25) is 9.98 Å². The van der Waals surface area contributed by atoms with Crippen LogP contribution in [-0.4, -0.2) is 17.3 Å². The van der Waals surface area contributed by atoms with Crippen molar-refractivity contribution < 1.29 is 13.5 Å². The number of aromatic nitrogens is 1. The largest absolute Gasteiger partial charge is 0.493 e. The van der Waals surface area contributed by atoms with Crippen molar-refractivity contribution in [2.45, 2.75) is 20.3 Å². The molecule has 1 aliphatic heterocycles. The van der Waals surface area contributed by atoms with Crippen LogP contribution in [0.15, 0.2) is 53.8 Å². The molecule has 2 heterocycles. The van der Waals surface area contributed by atoms with Crippen LogP contribution >= 0.6 is 0 Å². The van der Waals surface area contributed by atoms with Crippen molar-refractivity contribution in [1.82, 2.24) is 4.98 Å². The van der Waals surface area contributed by atoms with E-state index < -0.39 is 11.6 Å². The van der Waals surface area contributed by atoms with Gasteiger partial charge in [0.25, 0.3) is 0 Å². The van der Waals surface area contributed by atoms with Crippen LogP contribution in [0.1, 0.15) is 23.6 Å². The summed E-state index contributed by atoms with van der Waals surface area (Å²) in [5, 5.41) is 0. The topological polar surface area (TPSA) is 34.5 Å². The van der Waals surface area contributed by atoms with E-state index in [2.05, 4.69) is 29.0 Å². The van der Waals surface area contributed by atoms with E-state index in [1.54, 1.807) is 6.92 Å². The van der Waals surface area contributed by atoms with Crippen molar-refractivity contribution in [3.63, 3.8) is 0 Å². The highest BCUT2D eigenvalue weighted by molar-refractivity contribution is 6.00. The lowest BCUT2D eigenvalue weighted by Crippen LogP contribution is -2.03. The molecule has 0 saturated carbocycles. The first-order valence-electron chi connectivity index (χ1n) is 8.74. The second-order valence-corrected chi connectivity index (χ2v) is 6.60. The van der Waals surface area contributed by atoms with E-state index in [9.17, 15) is 8.78 Å².